The minimum atomic E-state index is 0.0245. The van der Waals surface area contributed by atoms with Crippen LogP contribution in [0.2, 0.25) is 0 Å². The van der Waals surface area contributed by atoms with Crippen LogP contribution in [0.3, 0.4) is 0 Å². The Morgan fingerprint density at radius 1 is 1.20 bits per heavy atom. The quantitative estimate of drug-likeness (QED) is 0.917. The summed E-state index contributed by atoms with van der Waals surface area (Å²) in [5.74, 6) is 1.66. The summed E-state index contributed by atoms with van der Waals surface area (Å²) < 4.78 is 11.2. The van der Waals surface area contributed by atoms with Gasteiger partial charge in [-0.2, -0.15) is 0 Å². The molecule has 2 N–H and O–H groups in total. The number of hydrogen-bond donors (Lipinski definition) is 1. The molecule has 1 aliphatic carbocycles. The first kappa shape index (κ1) is 13.7. The normalized spacial score (nSPS) is 20.4. The van der Waals surface area contributed by atoms with Gasteiger partial charge in [-0.25, -0.2) is 0 Å². The molecule has 0 radical (unpaired) electrons. The van der Waals surface area contributed by atoms with E-state index in [1.165, 1.54) is 25.7 Å². The average molecular weight is 276 g/mol. The molecule has 1 heterocycles. The number of rotatable bonds is 4. The minimum Gasteiger partial charge on any atom is -0.486 e. The summed E-state index contributed by atoms with van der Waals surface area (Å²) in [6, 6.07) is 6.79. The van der Waals surface area contributed by atoms with Crippen LogP contribution in [0.5, 0.6) is 11.5 Å². The summed E-state index contributed by atoms with van der Waals surface area (Å²) in [6.07, 6.45) is 5.33. The van der Waals surface area contributed by atoms with E-state index >= 15 is 0 Å². The van der Waals surface area contributed by atoms with Gasteiger partial charge in [-0.15, -0.1) is 0 Å². The van der Waals surface area contributed by atoms with Crippen molar-refractivity contribution in [3.8, 4) is 11.5 Å². The molecule has 1 fully saturated rings. The fraction of sp³-hybridized carbons (Fsp3) is 0.625. The Labute approximate surface area is 120 Å². The third-order valence-corrected chi connectivity index (χ3v) is 4.43. The van der Waals surface area contributed by atoms with E-state index in [4.69, 9.17) is 15.2 Å². The molecule has 0 aromatic heterocycles. The molecule has 3 rings (SSSR count). The zero-order chi connectivity index (χ0) is 13.9. The molecule has 20 heavy (non-hydrogen) atoms. The second kappa shape index (κ2) is 6.02. The fourth-order valence-corrected chi connectivity index (χ4v) is 3.20. The molecule has 1 aliphatic heterocycles. The van der Waals surface area contributed by atoms with E-state index < -0.39 is 0 Å². The smallest absolute Gasteiger partial charge is 0.161 e. The van der Waals surface area contributed by atoms with Crippen LogP contribution >= 0.6 is 0 Å². The predicted molar refractivity (Wildman–Crippen MR) is 79.2 cm³/mol. The molecule has 0 spiro atoms. The van der Waals surface area contributed by atoms with Crippen LogP contribution in [0.25, 0.3) is 0 Å². The average Bonchev–Trinajstić information content (AvgIpc) is 3.01. The minimum absolute atomic E-state index is 0.0245. The summed E-state index contributed by atoms with van der Waals surface area (Å²) in [5, 5.41) is 0. The molecule has 0 bridgehead atoms. The van der Waals surface area contributed by atoms with E-state index in [2.05, 4.69) is 18.0 Å². The van der Waals surface area contributed by atoms with Crippen molar-refractivity contribution in [1.29, 1.82) is 0 Å². The number of hydrogen-bond acceptors (Lipinski definition) is 4. The standard InChI is InChI=1S/C16H24N2O2/c1-18(13-4-2-3-5-13)11-14(17)12-6-7-15-16(10-12)20-9-8-19-15/h6-7,10,13-14H,2-5,8-9,11,17H2,1H3. The van der Waals surface area contributed by atoms with Crippen molar-refractivity contribution in [2.24, 2.45) is 5.73 Å². The van der Waals surface area contributed by atoms with Crippen LogP contribution in [0.1, 0.15) is 37.3 Å². The second-order valence-electron chi connectivity index (χ2n) is 5.89. The topological polar surface area (TPSA) is 47.7 Å². The van der Waals surface area contributed by atoms with Gasteiger partial charge in [0, 0.05) is 18.6 Å². The van der Waals surface area contributed by atoms with E-state index in [1.807, 2.05) is 12.1 Å². The lowest BCUT2D eigenvalue weighted by Gasteiger charge is -2.28. The Bertz CT molecular complexity index is 458. The summed E-state index contributed by atoms with van der Waals surface area (Å²) in [5.41, 5.74) is 7.48. The van der Waals surface area contributed by atoms with Crippen molar-refractivity contribution >= 4 is 0 Å². The molecule has 1 saturated carbocycles. The Balaban J connectivity index is 1.65. The zero-order valence-corrected chi connectivity index (χ0v) is 12.2. The summed E-state index contributed by atoms with van der Waals surface area (Å²) in [6.45, 7) is 2.14. The third kappa shape index (κ3) is 2.91. The Morgan fingerprint density at radius 3 is 2.65 bits per heavy atom. The zero-order valence-electron chi connectivity index (χ0n) is 12.2. The van der Waals surface area contributed by atoms with Crippen LogP contribution < -0.4 is 15.2 Å². The van der Waals surface area contributed by atoms with Gasteiger partial charge < -0.3 is 20.1 Å². The van der Waals surface area contributed by atoms with E-state index in [1.54, 1.807) is 0 Å². The van der Waals surface area contributed by atoms with Crippen molar-refractivity contribution in [3.63, 3.8) is 0 Å². The highest BCUT2D eigenvalue weighted by atomic mass is 16.6. The first-order valence-corrected chi connectivity index (χ1v) is 7.59. The van der Waals surface area contributed by atoms with Crippen molar-refractivity contribution in [2.45, 2.75) is 37.8 Å². The maximum atomic E-state index is 6.36. The number of fused-ring (bicyclic) bond motifs is 1. The maximum absolute atomic E-state index is 6.36. The van der Waals surface area contributed by atoms with Gasteiger partial charge in [-0.1, -0.05) is 18.9 Å². The molecule has 1 unspecified atom stereocenters. The Morgan fingerprint density at radius 2 is 1.90 bits per heavy atom. The second-order valence-corrected chi connectivity index (χ2v) is 5.89. The monoisotopic (exact) mass is 276 g/mol. The number of benzene rings is 1. The first-order chi connectivity index (χ1) is 9.74. The molecule has 110 valence electrons. The Hall–Kier alpha value is -1.26. The molecule has 1 aromatic rings. The fourth-order valence-electron chi connectivity index (χ4n) is 3.20. The van der Waals surface area contributed by atoms with Gasteiger partial charge >= 0.3 is 0 Å². The molecule has 1 atom stereocenters. The lowest BCUT2D eigenvalue weighted by Crippen LogP contribution is -2.35. The van der Waals surface area contributed by atoms with Gasteiger partial charge in [-0.05, 0) is 37.6 Å². The van der Waals surface area contributed by atoms with Crippen molar-refractivity contribution in [3.05, 3.63) is 23.8 Å². The van der Waals surface area contributed by atoms with Crippen LogP contribution in [0.15, 0.2) is 18.2 Å². The highest BCUT2D eigenvalue weighted by Crippen LogP contribution is 2.32. The molecule has 4 nitrogen and oxygen atoms in total. The molecule has 0 saturated heterocycles. The van der Waals surface area contributed by atoms with Crippen molar-refractivity contribution < 1.29 is 9.47 Å². The number of ether oxygens (including phenoxy) is 2. The first-order valence-electron chi connectivity index (χ1n) is 7.59. The summed E-state index contributed by atoms with van der Waals surface area (Å²) in [7, 11) is 2.19. The molecule has 1 aromatic carbocycles. The highest BCUT2D eigenvalue weighted by molar-refractivity contribution is 5.44. The Kier molecular flexibility index (Phi) is 4.13. The van der Waals surface area contributed by atoms with Crippen LogP contribution in [0, 0.1) is 0 Å². The van der Waals surface area contributed by atoms with Gasteiger partial charge in [0.1, 0.15) is 13.2 Å². The lowest BCUT2D eigenvalue weighted by molar-refractivity contribution is 0.171. The van der Waals surface area contributed by atoms with E-state index in [9.17, 15) is 0 Å². The van der Waals surface area contributed by atoms with Crippen molar-refractivity contribution in [1.82, 2.24) is 4.90 Å². The third-order valence-electron chi connectivity index (χ3n) is 4.43. The SMILES string of the molecule is CN(CC(N)c1ccc2c(c1)OCCO2)C1CCCC1. The van der Waals surface area contributed by atoms with E-state index in [0.717, 1.165) is 23.6 Å². The summed E-state index contributed by atoms with van der Waals surface area (Å²) in [4.78, 5) is 2.41. The maximum Gasteiger partial charge on any atom is 0.161 e. The van der Waals surface area contributed by atoms with Gasteiger partial charge in [0.15, 0.2) is 11.5 Å². The van der Waals surface area contributed by atoms with Crippen LogP contribution in [-0.2, 0) is 0 Å². The number of likely N-dealkylation sites (N-methyl/N-ethyl adjacent to an activating group) is 1. The van der Waals surface area contributed by atoms with Gasteiger partial charge in [-0.3, -0.25) is 0 Å². The van der Waals surface area contributed by atoms with Crippen LogP contribution in [-0.4, -0.2) is 37.7 Å². The van der Waals surface area contributed by atoms with E-state index in [0.29, 0.717) is 19.3 Å². The highest BCUT2D eigenvalue weighted by Gasteiger charge is 2.22. The molecular weight excluding hydrogens is 252 g/mol. The number of nitrogens with two attached hydrogens (primary N) is 1. The van der Waals surface area contributed by atoms with Gasteiger partial charge in [0.25, 0.3) is 0 Å². The molecule has 0 amide bonds. The van der Waals surface area contributed by atoms with E-state index in [-0.39, 0.29) is 6.04 Å². The van der Waals surface area contributed by atoms with Crippen molar-refractivity contribution in [2.75, 3.05) is 26.8 Å². The number of nitrogens with zero attached hydrogens (tertiary/aromatic N) is 1. The molecule has 2 aliphatic rings. The van der Waals surface area contributed by atoms with Crippen LogP contribution in [0.4, 0.5) is 0 Å². The predicted octanol–water partition coefficient (Wildman–Crippen LogP) is 2.33. The molecule has 4 heteroatoms. The van der Waals surface area contributed by atoms with Gasteiger partial charge in [0.05, 0.1) is 0 Å². The lowest BCUT2D eigenvalue weighted by atomic mass is 10.1. The largest absolute Gasteiger partial charge is 0.486 e. The van der Waals surface area contributed by atoms with Gasteiger partial charge in [0.2, 0.25) is 0 Å². The summed E-state index contributed by atoms with van der Waals surface area (Å²) >= 11 is 0. The molecular formula is C16H24N2O2.